The quantitative estimate of drug-likeness (QED) is 0.836. The first-order chi connectivity index (χ1) is 9.26. The highest BCUT2D eigenvalue weighted by Gasteiger charge is 2.21. The highest BCUT2D eigenvalue weighted by Crippen LogP contribution is 2.30. The molecule has 19 heavy (non-hydrogen) atoms. The number of carbonyl (C=O) groups excluding carboxylic acids is 1. The number of aliphatic hydroxyl groups is 1. The highest BCUT2D eigenvalue weighted by atomic mass is 32.1. The minimum Gasteiger partial charge on any atom is -0.396 e. The Morgan fingerprint density at radius 3 is 3.05 bits per heavy atom. The number of amides is 1. The zero-order chi connectivity index (χ0) is 13.7. The van der Waals surface area contributed by atoms with Crippen LogP contribution in [-0.4, -0.2) is 37.4 Å². The zero-order valence-electron chi connectivity index (χ0n) is 11.3. The van der Waals surface area contributed by atoms with Gasteiger partial charge in [-0.2, -0.15) is 0 Å². The second-order valence-corrected chi connectivity index (χ2v) is 5.86. The van der Waals surface area contributed by atoms with Crippen molar-refractivity contribution >= 4 is 17.2 Å². The van der Waals surface area contributed by atoms with Gasteiger partial charge in [-0.05, 0) is 37.7 Å². The number of aliphatic hydroxyl groups excluding tert-OH is 1. The van der Waals surface area contributed by atoms with Crippen LogP contribution in [0.3, 0.4) is 0 Å². The standard InChI is InChI=1S/C14H21NO3S/c1-18-8-10(6-7-16)15-14(17)12-9-19-13-5-3-2-4-11(12)13/h9-10,16H,2-8H2,1H3,(H,15,17). The fourth-order valence-electron chi connectivity index (χ4n) is 2.50. The number of hydrogen-bond acceptors (Lipinski definition) is 4. The predicted molar refractivity (Wildman–Crippen MR) is 75.8 cm³/mol. The Morgan fingerprint density at radius 1 is 1.53 bits per heavy atom. The lowest BCUT2D eigenvalue weighted by Crippen LogP contribution is -2.39. The molecule has 1 unspecified atom stereocenters. The van der Waals surface area contributed by atoms with E-state index in [-0.39, 0.29) is 18.6 Å². The summed E-state index contributed by atoms with van der Waals surface area (Å²) in [4.78, 5) is 13.7. The van der Waals surface area contributed by atoms with Crippen LogP contribution < -0.4 is 5.32 Å². The monoisotopic (exact) mass is 283 g/mol. The van der Waals surface area contributed by atoms with Gasteiger partial charge in [0.05, 0.1) is 18.2 Å². The molecule has 0 bridgehead atoms. The average molecular weight is 283 g/mol. The number of nitrogens with one attached hydrogen (secondary N) is 1. The fourth-order valence-corrected chi connectivity index (χ4v) is 3.63. The third kappa shape index (κ3) is 3.55. The van der Waals surface area contributed by atoms with E-state index in [1.165, 1.54) is 23.3 Å². The number of fused-ring (bicyclic) bond motifs is 1. The van der Waals surface area contributed by atoms with Crippen LogP contribution in [0.2, 0.25) is 0 Å². The van der Waals surface area contributed by atoms with E-state index >= 15 is 0 Å². The number of methoxy groups -OCH3 is 1. The summed E-state index contributed by atoms with van der Waals surface area (Å²) in [7, 11) is 1.60. The van der Waals surface area contributed by atoms with Gasteiger partial charge in [-0.1, -0.05) is 0 Å². The van der Waals surface area contributed by atoms with Gasteiger partial charge >= 0.3 is 0 Å². The minimum absolute atomic E-state index is 0.0325. The number of rotatable bonds is 6. The molecule has 1 amide bonds. The van der Waals surface area contributed by atoms with Crippen LogP contribution in [0.25, 0.3) is 0 Å². The summed E-state index contributed by atoms with van der Waals surface area (Å²) in [6, 6.07) is -0.123. The summed E-state index contributed by atoms with van der Waals surface area (Å²) >= 11 is 1.69. The van der Waals surface area contributed by atoms with Crippen molar-refractivity contribution in [3.63, 3.8) is 0 Å². The molecule has 1 aliphatic carbocycles. The molecule has 1 aromatic heterocycles. The molecule has 0 aliphatic heterocycles. The predicted octanol–water partition coefficient (Wildman–Crippen LogP) is 1.75. The van der Waals surface area contributed by atoms with Crippen LogP contribution in [0.15, 0.2) is 5.38 Å². The first kappa shape index (κ1) is 14.5. The summed E-state index contributed by atoms with van der Waals surface area (Å²) in [6.45, 7) is 0.481. The van der Waals surface area contributed by atoms with Crippen molar-refractivity contribution in [1.82, 2.24) is 5.32 Å². The molecule has 106 valence electrons. The fraction of sp³-hybridized carbons (Fsp3) is 0.643. The molecule has 0 spiro atoms. The summed E-state index contributed by atoms with van der Waals surface area (Å²) < 4.78 is 5.06. The van der Waals surface area contributed by atoms with Gasteiger partial charge in [0.1, 0.15) is 0 Å². The molecule has 1 aromatic rings. The van der Waals surface area contributed by atoms with Crippen molar-refractivity contribution in [2.45, 2.75) is 38.1 Å². The lowest BCUT2D eigenvalue weighted by Gasteiger charge is -2.18. The molecule has 1 heterocycles. The van der Waals surface area contributed by atoms with Gasteiger partial charge in [0, 0.05) is 24.0 Å². The van der Waals surface area contributed by atoms with Gasteiger partial charge in [0.2, 0.25) is 0 Å². The molecule has 2 N–H and O–H groups in total. The van der Waals surface area contributed by atoms with E-state index in [9.17, 15) is 4.79 Å². The molecule has 1 atom stereocenters. The Bertz CT molecular complexity index is 424. The maximum absolute atomic E-state index is 12.3. The smallest absolute Gasteiger partial charge is 0.252 e. The summed E-state index contributed by atoms with van der Waals surface area (Å²) in [6.07, 6.45) is 5.03. The Labute approximate surface area is 117 Å². The molecule has 5 heteroatoms. The van der Waals surface area contributed by atoms with Crippen molar-refractivity contribution < 1.29 is 14.6 Å². The Morgan fingerprint density at radius 2 is 2.32 bits per heavy atom. The Kier molecular flexibility index (Phi) is 5.36. The molecular formula is C14H21NO3S. The first-order valence-electron chi connectivity index (χ1n) is 6.76. The zero-order valence-corrected chi connectivity index (χ0v) is 12.1. The first-order valence-corrected chi connectivity index (χ1v) is 7.64. The normalized spacial score (nSPS) is 15.9. The van der Waals surface area contributed by atoms with Crippen LogP contribution in [0.4, 0.5) is 0 Å². The highest BCUT2D eigenvalue weighted by molar-refractivity contribution is 7.10. The lowest BCUT2D eigenvalue weighted by molar-refractivity contribution is 0.0878. The second kappa shape index (κ2) is 7.03. The van der Waals surface area contributed by atoms with E-state index in [0.29, 0.717) is 13.0 Å². The maximum atomic E-state index is 12.3. The van der Waals surface area contributed by atoms with Gasteiger partial charge in [-0.15, -0.1) is 11.3 Å². The minimum atomic E-state index is -0.123. The lowest BCUT2D eigenvalue weighted by atomic mass is 9.95. The largest absolute Gasteiger partial charge is 0.396 e. The third-order valence-electron chi connectivity index (χ3n) is 3.49. The van der Waals surface area contributed by atoms with Crippen molar-refractivity contribution in [2.24, 2.45) is 0 Å². The molecule has 0 fully saturated rings. The SMILES string of the molecule is COCC(CCO)NC(=O)c1csc2c1CCCC2. The van der Waals surface area contributed by atoms with E-state index in [4.69, 9.17) is 9.84 Å². The van der Waals surface area contributed by atoms with E-state index in [1.54, 1.807) is 18.4 Å². The molecule has 0 aromatic carbocycles. The van der Waals surface area contributed by atoms with Gasteiger partial charge in [-0.25, -0.2) is 0 Å². The second-order valence-electron chi connectivity index (χ2n) is 4.90. The summed E-state index contributed by atoms with van der Waals surface area (Å²) in [5.74, 6) is -0.0325. The van der Waals surface area contributed by atoms with Crippen LogP contribution >= 0.6 is 11.3 Å². The van der Waals surface area contributed by atoms with Crippen LogP contribution in [0.5, 0.6) is 0 Å². The molecule has 2 rings (SSSR count). The van der Waals surface area contributed by atoms with E-state index < -0.39 is 0 Å². The van der Waals surface area contributed by atoms with Crippen molar-refractivity contribution in [3.05, 3.63) is 21.4 Å². The molecule has 1 aliphatic rings. The van der Waals surface area contributed by atoms with Gasteiger partial charge < -0.3 is 15.2 Å². The number of carbonyl (C=O) groups is 1. The van der Waals surface area contributed by atoms with Crippen LogP contribution in [0.1, 0.15) is 40.1 Å². The van der Waals surface area contributed by atoms with Crippen LogP contribution in [0, 0.1) is 0 Å². The third-order valence-corrected chi connectivity index (χ3v) is 4.58. The number of ether oxygens (including phenoxy) is 1. The van der Waals surface area contributed by atoms with Gasteiger partial charge in [0.15, 0.2) is 0 Å². The van der Waals surface area contributed by atoms with Crippen molar-refractivity contribution in [3.8, 4) is 0 Å². The van der Waals surface area contributed by atoms with Gasteiger partial charge in [0.25, 0.3) is 5.91 Å². The Balaban J connectivity index is 2.04. The average Bonchev–Trinajstić information content (AvgIpc) is 2.83. The maximum Gasteiger partial charge on any atom is 0.252 e. The molecule has 4 nitrogen and oxygen atoms in total. The number of hydrogen-bond donors (Lipinski definition) is 2. The molecular weight excluding hydrogens is 262 g/mol. The van der Waals surface area contributed by atoms with Gasteiger partial charge in [-0.3, -0.25) is 4.79 Å². The topological polar surface area (TPSA) is 58.6 Å². The van der Waals surface area contributed by atoms with E-state index in [0.717, 1.165) is 18.4 Å². The molecule has 0 saturated carbocycles. The molecule has 0 saturated heterocycles. The summed E-state index contributed by atoms with van der Waals surface area (Å²) in [5.41, 5.74) is 2.05. The van der Waals surface area contributed by atoms with Crippen molar-refractivity contribution in [1.29, 1.82) is 0 Å². The summed E-state index contributed by atoms with van der Waals surface area (Å²) in [5, 5.41) is 13.9. The Hall–Kier alpha value is -0.910. The van der Waals surface area contributed by atoms with E-state index in [1.807, 2.05) is 5.38 Å². The van der Waals surface area contributed by atoms with E-state index in [2.05, 4.69) is 5.32 Å². The van der Waals surface area contributed by atoms with Crippen molar-refractivity contribution in [2.75, 3.05) is 20.3 Å². The van der Waals surface area contributed by atoms with Crippen LogP contribution in [-0.2, 0) is 17.6 Å². The number of aryl methyl sites for hydroxylation is 1. The molecule has 0 radical (unpaired) electrons. The number of thiophene rings is 1.